The van der Waals surface area contributed by atoms with Crippen LogP contribution in [0.3, 0.4) is 0 Å². The van der Waals surface area contributed by atoms with Crippen LogP contribution >= 0.6 is 34.5 Å². The summed E-state index contributed by atoms with van der Waals surface area (Å²) in [6.45, 7) is 0.336. The zero-order chi connectivity index (χ0) is 22.7. The molecule has 0 aliphatic heterocycles. The van der Waals surface area contributed by atoms with E-state index in [4.69, 9.17) is 33.7 Å². The zero-order valence-electron chi connectivity index (χ0n) is 17.5. The van der Waals surface area contributed by atoms with Crippen LogP contribution in [0, 0.1) is 0 Å². The Morgan fingerprint density at radius 2 is 1.97 bits per heavy atom. The molecule has 1 aliphatic rings. The van der Waals surface area contributed by atoms with Crippen molar-refractivity contribution in [3.8, 4) is 5.75 Å². The van der Waals surface area contributed by atoms with Gasteiger partial charge in [-0.1, -0.05) is 41.4 Å². The highest BCUT2D eigenvalue weighted by Crippen LogP contribution is 2.37. The van der Waals surface area contributed by atoms with E-state index in [1.165, 1.54) is 22.5 Å². The molecule has 32 heavy (non-hydrogen) atoms. The van der Waals surface area contributed by atoms with Crippen molar-refractivity contribution in [3.05, 3.63) is 80.6 Å². The summed E-state index contributed by atoms with van der Waals surface area (Å²) in [6.07, 6.45) is 3.01. The number of hydrogen-bond donors (Lipinski definition) is 1. The largest absolute Gasteiger partial charge is 0.494 e. The highest BCUT2D eigenvalue weighted by molar-refractivity contribution is 7.93. The van der Waals surface area contributed by atoms with Crippen LogP contribution in [0.25, 0.3) is 0 Å². The Labute approximate surface area is 203 Å². The minimum absolute atomic E-state index is 0.0282. The number of hydrogen-bond acceptors (Lipinski definition) is 5. The Kier molecular flexibility index (Phi) is 7.47. The lowest BCUT2D eigenvalue weighted by atomic mass is 9.76. The Balaban J connectivity index is 1.44. The SMILES string of the molecule is NC1CCc2ccc(OCCCS(=O)(=O)c3cccs3)cc2C1Cc1ccc(Cl)cc1Cl. The Hall–Kier alpha value is -1.57. The fourth-order valence-corrected chi connectivity index (χ4v) is 7.08. The van der Waals surface area contributed by atoms with Crippen LogP contribution in [-0.4, -0.2) is 26.8 Å². The van der Waals surface area contributed by atoms with Crippen LogP contribution < -0.4 is 10.5 Å². The quantitative estimate of drug-likeness (QED) is 0.383. The number of rotatable bonds is 8. The van der Waals surface area contributed by atoms with Gasteiger partial charge in [-0.3, -0.25) is 0 Å². The molecule has 0 bridgehead atoms. The molecule has 0 fully saturated rings. The molecule has 4 nitrogen and oxygen atoms in total. The standard InChI is InChI=1S/C24H25Cl2NO3S2/c25-18-7-4-17(22(26)14-18)13-21-20-15-19(8-5-16(20)6-9-23(21)27)30-10-2-12-32(28,29)24-3-1-11-31-24/h1,3-5,7-8,11,14-15,21,23H,2,6,9-10,12-13,27H2. The third-order valence-corrected chi connectivity index (χ3v) is 9.74. The summed E-state index contributed by atoms with van der Waals surface area (Å²) in [5.74, 6) is 0.930. The minimum atomic E-state index is -3.24. The predicted octanol–water partition coefficient (Wildman–Crippen LogP) is 5.90. The van der Waals surface area contributed by atoms with E-state index in [-0.39, 0.29) is 17.7 Å². The molecule has 4 rings (SSSR count). The van der Waals surface area contributed by atoms with Crippen LogP contribution in [0.5, 0.6) is 5.75 Å². The molecule has 0 spiro atoms. The molecule has 0 amide bonds. The van der Waals surface area contributed by atoms with Gasteiger partial charge in [0.05, 0.1) is 12.4 Å². The van der Waals surface area contributed by atoms with Crippen LogP contribution in [0.15, 0.2) is 58.1 Å². The van der Waals surface area contributed by atoms with Crippen molar-refractivity contribution in [2.75, 3.05) is 12.4 Å². The minimum Gasteiger partial charge on any atom is -0.494 e. The van der Waals surface area contributed by atoms with Crippen LogP contribution in [-0.2, 0) is 22.7 Å². The lowest BCUT2D eigenvalue weighted by Gasteiger charge is -2.32. The van der Waals surface area contributed by atoms with Gasteiger partial charge in [0, 0.05) is 22.0 Å². The number of ether oxygens (including phenoxy) is 1. The number of fused-ring (bicyclic) bond motifs is 1. The third kappa shape index (κ3) is 5.49. The van der Waals surface area contributed by atoms with Crippen molar-refractivity contribution in [2.24, 2.45) is 5.73 Å². The van der Waals surface area contributed by atoms with E-state index in [0.29, 0.717) is 27.3 Å². The first kappa shape index (κ1) is 23.6. The molecule has 2 N–H and O–H groups in total. The second-order valence-electron chi connectivity index (χ2n) is 8.06. The summed E-state index contributed by atoms with van der Waals surface area (Å²) in [7, 11) is -3.24. The molecular weight excluding hydrogens is 485 g/mol. The van der Waals surface area contributed by atoms with Gasteiger partial charge in [0.15, 0.2) is 9.84 Å². The molecule has 170 valence electrons. The highest BCUT2D eigenvalue weighted by atomic mass is 35.5. The van der Waals surface area contributed by atoms with Gasteiger partial charge in [0.2, 0.25) is 0 Å². The van der Waals surface area contributed by atoms with Crippen molar-refractivity contribution in [2.45, 2.75) is 41.9 Å². The highest BCUT2D eigenvalue weighted by Gasteiger charge is 2.28. The second-order valence-corrected chi connectivity index (χ2v) is 12.2. The number of aryl methyl sites for hydroxylation is 1. The molecule has 2 atom stereocenters. The Morgan fingerprint density at radius 1 is 1.12 bits per heavy atom. The fraction of sp³-hybridized carbons (Fsp3) is 0.333. The summed E-state index contributed by atoms with van der Waals surface area (Å²) >= 11 is 13.7. The summed E-state index contributed by atoms with van der Waals surface area (Å²) in [4.78, 5) is 0. The van der Waals surface area contributed by atoms with Gasteiger partial charge in [-0.15, -0.1) is 11.3 Å². The molecule has 2 aromatic carbocycles. The average Bonchev–Trinajstić information content (AvgIpc) is 3.31. The number of halogens is 2. The smallest absolute Gasteiger partial charge is 0.187 e. The first-order valence-electron chi connectivity index (χ1n) is 10.5. The number of nitrogens with two attached hydrogens (primary N) is 1. The van der Waals surface area contributed by atoms with Crippen molar-refractivity contribution < 1.29 is 13.2 Å². The number of benzene rings is 2. The zero-order valence-corrected chi connectivity index (χ0v) is 20.6. The number of thiophene rings is 1. The summed E-state index contributed by atoms with van der Waals surface area (Å²) in [5.41, 5.74) is 9.99. The van der Waals surface area contributed by atoms with E-state index in [0.717, 1.165) is 30.6 Å². The van der Waals surface area contributed by atoms with Gasteiger partial charge < -0.3 is 10.5 Å². The maximum Gasteiger partial charge on any atom is 0.187 e. The van der Waals surface area contributed by atoms with E-state index in [9.17, 15) is 8.42 Å². The van der Waals surface area contributed by atoms with Crippen LogP contribution in [0.2, 0.25) is 10.0 Å². The van der Waals surface area contributed by atoms with Gasteiger partial charge in [-0.2, -0.15) is 0 Å². The maximum absolute atomic E-state index is 12.3. The van der Waals surface area contributed by atoms with Gasteiger partial charge in [-0.25, -0.2) is 8.42 Å². The third-order valence-electron chi connectivity index (χ3n) is 5.86. The van der Waals surface area contributed by atoms with Crippen molar-refractivity contribution in [3.63, 3.8) is 0 Å². The summed E-state index contributed by atoms with van der Waals surface area (Å²) < 4.78 is 31.0. The molecule has 1 aromatic heterocycles. The van der Waals surface area contributed by atoms with Crippen molar-refractivity contribution in [1.29, 1.82) is 0 Å². The molecule has 0 radical (unpaired) electrons. The van der Waals surface area contributed by atoms with E-state index in [1.807, 2.05) is 18.2 Å². The Morgan fingerprint density at radius 3 is 2.72 bits per heavy atom. The van der Waals surface area contributed by atoms with Crippen molar-refractivity contribution >= 4 is 44.4 Å². The lowest BCUT2D eigenvalue weighted by molar-refractivity contribution is 0.316. The number of sulfone groups is 1. The first-order chi connectivity index (χ1) is 15.3. The van der Waals surface area contributed by atoms with E-state index < -0.39 is 9.84 Å². The fourth-order valence-electron chi connectivity index (χ4n) is 4.16. The van der Waals surface area contributed by atoms with Gasteiger partial charge in [0.1, 0.15) is 9.96 Å². The Bertz CT molecular complexity index is 1180. The van der Waals surface area contributed by atoms with Crippen LogP contribution in [0.1, 0.15) is 35.4 Å². The van der Waals surface area contributed by atoms with Crippen molar-refractivity contribution in [1.82, 2.24) is 0 Å². The molecule has 0 saturated heterocycles. The van der Waals surface area contributed by atoms with E-state index in [1.54, 1.807) is 23.6 Å². The molecule has 3 aromatic rings. The predicted molar refractivity (Wildman–Crippen MR) is 132 cm³/mol. The molecule has 1 heterocycles. The summed E-state index contributed by atoms with van der Waals surface area (Å²) in [5, 5.41) is 3.04. The first-order valence-corrected chi connectivity index (χ1v) is 13.8. The average molecular weight is 511 g/mol. The maximum atomic E-state index is 12.3. The lowest BCUT2D eigenvalue weighted by Crippen LogP contribution is -2.34. The van der Waals surface area contributed by atoms with E-state index >= 15 is 0 Å². The normalized spacial score (nSPS) is 18.3. The van der Waals surface area contributed by atoms with Gasteiger partial charge in [0.25, 0.3) is 0 Å². The van der Waals surface area contributed by atoms with Gasteiger partial charge >= 0.3 is 0 Å². The second kappa shape index (κ2) is 10.1. The molecular formula is C24H25Cl2NO3S2. The molecule has 8 heteroatoms. The molecule has 0 saturated carbocycles. The van der Waals surface area contributed by atoms with Crippen LogP contribution in [0.4, 0.5) is 0 Å². The van der Waals surface area contributed by atoms with Gasteiger partial charge in [-0.05, 0) is 78.1 Å². The van der Waals surface area contributed by atoms with E-state index in [2.05, 4.69) is 12.1 Å². The topological polar surface area (TPSA) is 69.4 Å². The summed E-state index contributed by atoms with van der Waals surface area (Å²) in [6, 6.07) is 15.1. The molecule has 2 unspecified atom stereocenters. The molecule has 1 aliphatic carbocycles. The monoisotopic (exact) mass is 509 g/mol.